The van der Waals surface area contributed by atoms with Crippen molar-refractivity contribution in [2.75, 3.05) is 0 Å². The summed E-state index contributed by atoms with van der Waals surface area (Å²) in [5.41, 5.74) is 12.6. The summed E-state index contributed by atoms with van der Waals surface area (Å²) < 4.78 is 21.0. The van der Waals surface area contributed by atoms with E-state index in [1.807, 2.05) is 82.3 Å². The molecule has 0 spiro atoms. The molecule has 97 heavy (non-hydrogen) atoms. The lowest BCUT2D eigenvalue weighted by atomic mass is 10.1. The molecule has 0 saturated heterocycles. The van der Waals surface area contributed by atoms with Gasteiger partial charge in [-0.15, -0.1) is 34.0 Å². The van der Waals surface area contributed by atoms with Gasteiger partial charge in [0.25, 0.3) is 13.9 Å². The average Bonchev–Trinajstić information content (AvgIpc) is 1.71. The van der Waals surface area contributed by atoms with Gasteiger partial charge in [0.2, 0.25) is 34.2 Å². The average molecular weight is 1350 g/mol. The van der Waals surface area contributed by atoms with Crippen molar-refractivity contribution in [1.82, 2.24) is 19.1 Å². The summed E-state index contributed by atoms with van der Waals surface area (Å²) in [5, 5.41) is 14.2. The van der Waals surface area contributed by atoms with Gasteiger partial charge in [0.05, 0.1) is 23.3 Å². The quantitative estimate of drug-likeness (QED) is 0.128. The van der Waals surface area contributed by atoms with E-state index in [2.05, 4.69) is 325 Å². The van der Waals surface area contributed by atoms with Gasteiger partial charge < -0.3 is 0 Å². The first-order valence-electron chi connectivity index (χ1n) is 32.8. The van der Waals surface area contributed by atoms with Crippen LogP contribution in [0.15, 0.2) is 315 Å². The number of benzene rings is 6. The second-order valence-electron chi connectivity index (χ2n) is 24.7. The third-order valence-corrected chi connectivity index (χ3v) is 28.5. The molecule has 0 saturated carbocycles. The molecule has 0 aliphatic carbocycles. The molecule has 23 rings (SSSR count). The number of nitrogens with zero attached hydrogens (tertiary/aromatic N) is 10. The molecule has 0 unspecified atom stereocenters. The fourth-order valence-corrected chi connectivity index (χ4v) is 24.3. The number of imidazole rings is 2. The van der Waals surface area contributed by atoms with Crippen molar-refractivity contribution in [3.63, 3.8) is 0 Å². The predicted octanol–water partition coefficient (Wildman–Crippen LogP) is 12.5. The molecule has 0 radical (unpaired) electrons. The first kappa shape index (κ1) is 58.8. The van der Waals surface area contributed by atoms with Gasteiger partial charge in [0.15, 0.2) is 63.2 Å². The molecular weight excluding hydrogens is 1280 g/mol. The number of hydrogen-bond donors (Lipinski definition) is 0. The zero-order chi connectivity index (χ0) is 64.2. The van der Waals surface area contributed by atoms with Gasteiger partial charge >= 0.3 is 5.13 Å². The minimum absolute atomic E-state index is 0.892. The maximum atomic E-state index is 4.34. The lowest BCUT2D eigenvalue weighted by molar-refractivity contribution is -0.674. The van der Waals surface area contributed by atoms with Gasteiger partial charge in [-0.2, -0.15) is 22.8 Å². The minimum atomic E-state index is -2.31. The van der Waals surface area contributed by atoms with E-state index in [0.717, 1.165) is 50.9 Å². The van der Waals surface area contributed by atoms with E-state index in [4.69, 9.17) is 0 Å². The predicted molar refractivity (Wildman–Crippen MR) is 393 cm³/mol. The molecule has 0 amide bonds. The zero-order valence-electron chi connectivity index (χ0n) is 52.9. The largest absolute Gasteiger partial charge is 0.348 e. The molecule has 6 aliphatic heterocycles. The summed E-state index contributed by atoms with van der Waals surface area (Å²) in [6, 6.07) is 91.6. The summed E-state index contributed by atoms with van der Waals surface area (Å²) in [4.78, 5) is 12.9. The molecule has 10 nitrogen and oxygen atoms in total. The van der Waals surface area contributed by atoms with Crippen LogP contribution in [0.1, 0.15) is 33.9 Å². The summed E-state index contributed by atoms with van der Waals surface area (Å²) in [6.45, 7) is 5.83. The highest BCUT2D eigenvalue weighted by Crippen LogP contribution is 2.40. The van der Waals surface area contributed by atoms with Crippen molar-refractivity contribution < 1.29 is 27.4 Å². The zero-order valence-corrected chi connectivity index (χ0v) is 57.1. The van der Waals surface area contributed by atoms with Crippen LogP contribution >= 0.6 is 45.3 Å². The maximum absolute atomic E-state index is 4.34. The first-order valence-corrected chi connectivity index (χ1v) is 38.2. The van der Waals surface area contributed by atoms with Crippen LogP contribution in [-0.2, 0) is 39.3 Å². The molecule has 0 atom stereocenters. The van der Waals surface area contributed by atoms with Crippen LogP contribution in [0.5, 0.6) is 0 Å². The van der Waals surface area contributed by atoms with Crippen LogP contribution in [0.3, 0.4) is 0 Å². The number of rotatable bonds is 2. The summed E-state index contributed by atoms with van der Waals surface area (Å²) in [5.74, 6) is 3.44. The molecule has 17 aromatic rings. The van der Waals surface area contributed by atoms with E-state index in [9.17, 15) is 0 Å². The number of thiophene rings is 3. The Hall–Kier alpha value is -10.8. The van der Waals surface area contributed by atoms with Crippen LogP contribution < -0.4 is 48.3 Å². The molecule has 464 valence electrons. The van der Waals surface area contributed by atoms with Crippen LogP contribution in [0, 0.1) is 0 Å². The third kappa shape index (κ3) is 10.4. The molecule has 0 bridgehead atoms. The highest BCUT2D eigenvalue weighted by Gasteiger charge is 2.52. The van der Waals surface area contributed by atoms with Gasteiger partial charge in [0, 0.05) is 92.3 Å². The molecule has 6 aromatic carbocycles. The number of fused-ring (bicyclic) bond motifs is 23. The van der Waals surface area contributed by atoms with Gasteiger partial charge in [-0.25, -0.2) is 23.7 Å². The summed E-state index contributed by atoms with van der Waals surface area (Å²) in [7, 11) is -2.31. The van der Waals surface area contributed by atoms with Crippen molar-refractivity contribution >= 4 is 106 Å². The van der Waals surface area contributed by atoms with E-state index in [0.29, 0.717) is 0 Å². The number of aromatic nitrogens is 10. The fourth-order valence-electron chi connectivity index (χ4n) is 14.8. The Morgan fingerprint density at radius 2 is 0.948 bits per heavy atom. The van der Waals surface area contributed by atoms with Crippen LogP contribution in [-0.4, -0.2) is 27.2 Å². The first-order chi connectivity index (χ1) is 48.1. The van der Waals surface area contributed by atoms with E-state index >= 15 is 0 Å². The number of thiazole rings is 1. The van der Waals surface area contributed by atoms with E-state index in [-0.39, 0.29) is 0 Å². The molecule has 17 heterocycles. The molecule has 0 N–H and O–H groups in total. The van der Waals surface area contributed by atoms with Crippen LogP contribution in [0.2, 0.25) is 0 Å². The Kier molecular flexibility index (Phi) is 15.2. The summed E-state index contributed by atoms with van der Waals surface area (Å²) >= 11 is 7.40. The Bertz CT molecular complexity index is 5610. The maximum Gasteiger partial charge on any atom is 0.348 e. The van der Waals surface area contributed by atoms with Crippen molar-refractivity contribution in [2.45, 2.75) is 39.3 Å². The van der Waals surface area contributed by atoms with Crippen molar-refractivity contribution in [3.8, 4) is 42.7 Å². The smallest absolute Gasteiger partial charge is 0.224 e. The van der Waals surface area contributed by atoms with Gasteiger partial charge in [0.1, 0.15) is 32.5 Å². The van der Waals surface area contributed by atoms with E-state index in [1.54, 1.807) is 0 Å². The Morgan fingerprint density at radius 1 is 0.371 bits per heavy atom. The second-order valence-corrected chi connectivity index (χ2v) is 32.3. The molecule has 0 fully saturated rings. The lowest BCUT2D eigenvalue weighted by Crippen LogP contribution is -2.84. The van der Waals surface area contributed by atoms with Gasteiger partial charge in [-0.3, -0.25) is 0 Å². The number of hydrogen-bond acceptors (Lipinski definition) is 6. The molecular formula is C82H64N10S4Si+6. The van der Waals surface area contributed by atoms with Crippen LogP contribution in [0.25, 0.3) is 73.9 Å². The number of para-hydroxylation sites is 2. The highest BCUT2D eigenvalue weighted by atomic mass is 32.1. The Balaban J connectivity index is 0.0000000864. The van der Waals surface area contributed by atoms with Gasteiger partial charge in [-0.05, 0) is 98.3 Å². The highest BCUT2D eigenvalue weighted by molar-refractivity contribution is 7.22. The Labute approximate surface area is 578 Å². The van der Waals surface area contributed by atoms with Crippen molar-refractivity contribution in [3.05, 3.63) is 349 Å². The minimum Gasteiger partial charge on any atom is -0.224 e. The van der Waals surface area contributed by atoms with Crippen molar-refractivity contribution in [2.24, 2.45) is 0 Å². The second kappa shape index (κ2) is 25.1. The lowest BCUT2D eigenvalue weighted by Gasteiger charge is -2.35. The topological polar surface area (TPSA) is 58.9 Å². The monoisotopic (exact) mass is 1340 g/mol. The normalized spacial score (nSPS) is 13.2. The van der Waals surface area contributed by atoms with E-state index < -0.39 is 8.07 Å². The SMILES string of the molecule is c1cc[n+]2c(c1)-c1sc3ccccc3c1C2.c1cc[n+]2c(c1)-c1sccc1C2.c1cc[n+]2c(c1)-n1ccnc1C2.c1ccc([Si]2(c3ccccc3)c3ccccc3C[n+]3ccccc32)cc1.c1ccc2c(c1)ccc1[n+]2Cc2ccsc2-1.c1ccc2c(c1)sc1[n+]2Cc2nccn2-1. The van der Waals surface area contributed by atoms with E-state index in [1.165, 1.54) is 117 Å². The molecule has 6 aliphatic rings. The number of pyridine rings is 5. The Morgan fingerprint density at radius 3 is 1.73 bits per heavy atom. The standard InChI is InChI=1S/C24H20NSi.2C14H10NS.C11H8N3S.C10H8NS.C9H8N3/c1-3-12-21(13-4-1)26(22-14-5-2-6-15-22)23-16-8-7-11-20(23)19-25-18-10-9-17-24(25)26;1-2-7-13-10(5-1)11-9-15-8-4-3-6-12(15)14(11)16-13;1-2-4-12-10(3-1)5-6-13-14-11(7-8-16-14)9-15(12)13;1-2-4-9-8(3-1)14-7-10-12-5-6-13(10)11(14)15-9;1-2-5-11-7-8-4-6-12-10(8)9(11)3-1;1-2-5-11-7-8-10-4-6-12(8)9(11)3-1/h1-18H,19H2;2*1-8H,9H2;1-6H,7H2;2*1-6H,7H2/q6*+1. The molecule has 15 heteroatoms. The third-order valence-electron chi connectivity index (χ3n) is 19.2. The fraction of sp³-hybridized carbons (Fsp3) is 0.0732. The van der Waals surface area contributed by atoms with Crippen molar-refractivity contribution in [1.29, 1.82) is 0 Å². The summed E-state index contributed by atoms with van der Waals surface area (Å²) in [6.07, 6.45) is 16.3. The van der Waals surface area contributed by atoms with Gasteiger partial charge in [-0.1, -0.05) is 140 Å². The molecule has 11 aromatic heterocycles. The van der Waals surface area contributed by atoms with Crippen LogP contribution in [0.4, 0.5) is 0 Å².